The van der Waals surface area contributed by atoms with Crippen LogP contribution in [0.3, 0.4) is 0 Å². The Hall–Kier alpha value is -1.67. The van der Waals surface area contributed by atoms with Crippen LogP contribution in [-0.4, -0.2) is 18.1 Å². The van der Waals surface area contributed by atoms with Crippen LogP contribution in [0.5, 0.6) is 0 Å². The van der Waals surface area contributed by atoms with E-state index in [0.29, 0.717) is 11.3 Å². The first-order chi connectivity index (χ1) is 10.3. The van der Waals surface area contributed by atoms with Crippen molar-refractivity contribution in [3.63, 3.8) is 0 Å². The molecule has 0 aliphatic heterocycles. The SMILES string of the molecule is CCCNCC1(c2ccncc2)CC(c2ccccc2)C1. The highest BCUT2D eigenvalue weighted by Crippen LogP contribution is 2.52. The molecule has 1 heterocycles. The van der Waals surface area contributed by atoms with E-state index in [1.807, 2.05) is 12.4 Å². The molecule has 1 aromatic carbocycles. The van der Waals surface area contributed by atoms with E-state index in [-0.39, 0.29) is 0 Å². The number of rotatable bonds is 6. The number of nitrogens with one attached hydrogen (secondary N) is 1. The summed E-state index contributed by atoms with van der Waals surface area (Å²) in [6.45, 7) is 4.40. The molecule has 0 unspecified atom stereocenters. The molecule has 1 aliphatic carbocycles. The van der Waals surface area contributed by atoms with Crippen LogP contribution < -0.4 is 5.32 Å². The van der Waals surface area contributed by atoms with Gasteiger partial charge in [-0.25, -0.2) is 0 Å². The second-order valence-corrected chi connectivity index (χ2v) is 6.21. The van der Waals surface area contributed by atoms with E-state index in [1.165, 1.54) is 30.4 Å². The predicted molar refractivity (Wildman–Crippen MR) is 87.5 cm³/mol. The highest BCUT2D eigenvalue weighted by molar-refractivity contribution is 5.34. The number of hydrogen-bond donors (Lipinski definition) is 1. The summed E-state index contributed by atoms with van der Waals surface area (Å²) in [6.07, 6.45) is 7.50. The fourth-order valence-corrected chi connectivity index (χ4v) is 3.54. The van der Waals surface area contributed by atoms with Gasteiger partial charge in [0, 0.05) is 24.4 Å². The molecule has 0 saturated heterocycles. The van der Waals surface area contributed by atoms with Gasteiger partial charge in [-0.3, -0.25) is 4.98 Å². The van der Waals surface area contributed by atoms with Crippen molar-refractivity contribution in [2.45, 2.75) is 37.5 Å². The van der Waals surface area contributed by atoms with Gasteiger partial charge >= 0.3 is 0 Å². The first kappa shape index (κ1) is 14.3. The minimum atomic E-state index is 0.290. The Morgan fingerprint density at radius 2 is 1.81 bits per heavy atom. The molecule has 0 atom stereocenters. The summed E-state index contributed by atoms with van der Waals surface area (Å²) in [4.78, 5) is 4.17. The van der Waals surface area contributed by atoms with Crippen molar-refractivity contribution in [2.24, 2.45) is 0 Å². The van der Waals surface area contributed by atoms with Crippen molar-refractivity contribution in [3.05, 3.63) is 66.0 Å². The van der Waals surface area contributed by atoms with Gasteiger partial charge < -0.3 is 5.32 Å². The average molecular weight is 280 g/mol. The lowest BCUT2D eigenvalue weighted by Gasteiger charge is -2.49. The van der Waals surface area contributed by atoms with E-state index in [4.69, 9.17) is 0 Å². The van der Waals surface area contributed by atoms with Crippen molar-refractivity contribution in [2.75, 3.05) is 13.1 Å². The maximum Gasteiger partial charge on any atom is 0.0270 e. The maximum atomic E-state index is 4.17. The van der Waals surface area contributed by atoms with Crippen LogP contribution in [0.1, 0.15) is 43.2 Å². The Balaban J connectivity index is 1.74. The smallest absolute Gasteiger partial charge is 0.0270 e. The quantitative estimate of drug-likeness (QED) is 0.812. The third-order valence-corrected chi connectivity index (χ3v) is 4.73. The number of aromatic nitrogens is 1. The standard InChI is InChI=1S/C19H24N2/c1-2-10-21-15-19(18-8-11-20-12-9-18)13-17(14-19)16-6-4-3-5-7-16/h3-9,11-12,17,21H,2,10,13-15H2,1H3. The molecular weight excluding hydrogens is 256 g/mol. The third-order valence-electron chi connectivity index (χ3n) is 4.73. The largest absolute Gasteiger partial charge is 0.316 e. The monoisotopic (exact) mass is 280 g/mol. The lowest BCUT2D eigenvalue weighted by molar-refractivity contribution is 0.194. The van der Waals surface area contributed by atoms with Gasteiger partial charge in [-0.05, 0) is 55.0 Å². The molecule has 1 N–H and O–H groups in total. The van der Waals surface area contributed by atoms with Gasteiger partial charge in [0.2, 0.25) is 0 Å². The summed E-state index contributed by atoms with van der Waals surface area (Å²) in [5.74, 6) is 0.697. The zero-order valence-corrected chi connectivity index (χ0v) is 12.8. The van der Waals surface area contributed by atoms with Crippen molar-refractivity contribution in [3.8, 4) is 0 Å². The molecule has 3 rings (SSSR count). The van der Waals surface area contributed by atoms with E-state index in [9.17, 15) is 0 Å². The minimum absolute atomic E-state index is 0.290. The van der Waals surface area contributed by atoms with Crippen molar-refractivity contribution >= 4 is 0 Å². The van der Waals surface area contributed by atoms with Crippen LogP contribution in [0.25, 0.3) is 0 Å². The van der Waals surface area contributed by atoms with Crippen molar-refractivity contribution in [1.82, 2.24) is 10.3 Å². The van der Waals surface area contributed by atoms with Crippen molar-refractivity contribution in [1.29, 1.82) is 0 Å². The van der Waals surface area contributed by atoms with Gasteiger partial charge in [0.15, 0.2) is 0 Å². The molecule has 0 amide bonds. The third kappa shape index (κ3) is 3.01. The van der Waals surface area contributed by atoms with Crippen LogP contribution in [0.15, 0.2) is 54.9 Å². The molecule has 2 aromatic rings. The number of hydrogen-bond acceptors (Lipinski definition) is 2. The zero-order chi connectivity index (χ0) is 14.5. The van der Waals surface area contributed by atoms with E-state index >= 15 is 0 Å². The summed E-state index contributed by atoms with van der Waals surface area (Å²) in [7, 11) is 0. The molecule has 0 radical (unpaired) electrons. The predicted octanol–water partition coefficient (Wildman–Crippen LogP) is 3.90. The molecule has 2 heteroatoms. The van der Waals surface area contributed by atoms with Gasteiger partial charge in [-0.15, -0.1) is 0 Å². The lowest BCUT2D eigenvalue weighted by atomic mass is 9.57. The van der Waals surface area contributed by atoms with Crippen LogP contribution in [0.2, 0.25) is 0 Å². The maximum absolute atomic E-state index is 4.17. The van der Waals surface area contributed by atoms with E-state index < -0.39 is 0 Å². The van der Waals surface area contributed by atoms with Crippen LogP contribution in [0, 0.1) is 0 Å². The molecular formula is C19H24N2. The van der Waals surface area contributed by atoms with Gasteiger partial charge in [0.25, 0.3) is 0 Å². The lowest BCUT2D eigenvalue weighted by Crippen LogP contribution is -2.47. The fourth-order valence-electron chi connectivity index (χ4n) is 3.54. The summed E-state index contributed by atoms with van der Waals surface area (Å²) in [5.41, 5.74) is 3.21. The number of benzene rings is 1. The number of nitrogens with zero attached hydrogens (tertiary/aromatic N) is 1. The van der Waals surface area contributed by atoms with Gasteiger partial charge in [-0.1, -0.05) is 37.3 Å². The number of pyridine rings is 1. The van der Waals surface area contributed by atoms with E-state index in [0.717, 1.165) is 13.1 Å². The van der Waals surface area contributed by atoms with Gasteiger partial charge in [-0.2, -0.15) is 0 Å². The topological polar surface area (TPSA) is 24.9 Å². The molecule has 1 aliphatic rings. The first-order valence-electron chi connectivity index (χ1n) is 8.00. The molecule has 1 fully saturated rings. The molecule has 1 saturated carbocycles. The normalized spacial score (nSPS) is 24.5. The molecule has 2 nitrogen and oxygen atoms in total. The van der Waals surface area contributed by atoms with Crippen molar-refractivity contribution < 1.29 is 0 Å². The fraction of sp³-hybridized carbons (Fsp3) is 0.421. The Kier molecular flexibility index (Phi) is 4.35. The second-order valence-electron chi connectivity index (χ2n) is 6.21. The van der Waals surface area contributed by atoms with Gasteiger partial charge in [0.05, 0.1) is 0 Å². The summed E-state index contributed by atoms with van der Waals surface area (Å²) in [5, 5.41) is 3.63. The zero-order valence-electron chi connectivity index (χ0n) is 12.8. The van der Waals surface area contributed by atoms with Crippen LogP contribution in [-0.2, 0) is 5.41 Å². The second kappa shape index (κ2) is 6.40. The van der Waals surface area contributed by atoms with Gasteiger partial charge in [0.1, 0.15) is 0 Å². The first-order valence-corrected chi connectivity index (χ1v) is 8.00. The van der Waals surface area contributed by atoms with Crippen LogP contribution in [0.4, 0.5) is 0 Å². The Morgan fingerprint density at radius 1 is 1.10 bits per heavy atom. The van der Waals surface area contributed by atoms with Crippen LogP contribution >= 0.6 is 0 Å². The summed E-state index contributed by atoms with van der Waals surface area (Å²) in [6, 6.07) is 15.3. The highest BCUT2D eigenvalue weighted by Gasteiger charge is 2.45. The summed E-state index contributed by atoms with van der Waals surface area (Å²) >= 11 is 0. The molecule has 110 valence electrons. The van der Waals surface area contributed by atoms with E-state index in [1.54, 1.807) is 0 Å². The Labute approximate surface area is 127 Å². The Bertz CT molecular complexity index is 544. The average Bonchev–Trinajstić information content (AvgIpc) is 2.51. The van der Waals surface area contributed by atoms with E-state index in [2.05, 4.69) is 59.7 Å². The minimum Gasteiger partial charge on any atom is -0.316 e. The molecule has 0 spiro atoms. The highest BCUT2D eigenvalue weighted by atomic mass is 14.9. The molecule has 21 heavy (non-hydrogen) atoms. The Morgan fingerprint density at radius 3 is 2.48 bits per heavy atom. The molecule has 1 aromatic heterocycles. The molecule has 0 bridgehead atoms. The summed E-state index contributed by atoms with van der Waals surface area (Å²) < 4.78 is 0.